The van der Waals surface area contributed by atoms with Crippen molar-refractivity contribution in [2.45, 2.75) is 46.2 Å². The van der Waals surface area contributed by atoms with Gasteiger partial charge in [0.1, 0.15) is 0 Å². The van der Waals surface area contributed by atoms with Gasteiger partial charge in [-0.3, -0.25) is 0 Å². The molecule has 15 heavy (non-hydrogen) atoms. The molecular formula is C13H22N2. The van der Waals surface area contributed by atoms with Crippen LogP contribution >= 0.6 is 0 Å². The molecule has 0 heterocycles. The maximum absolute atomic E-state index is 5.96. The summed E-state index contributed by atoms with van der Waals surface area (Å²) in [6.07, 6.45) is 0. The molecule has 1 aromatic carbocycles. The van der Waals surface area contributed by atoms with Crippen LogP contribution in [0.4, 0.5) is 5.69 Å². The van der Waals surface area contributed by atoms with Gasteiger partial charge in [-0.05, 0) is 45.7 Å². The van der Waals surface area contributed by atoms with Crippen LogP contribution in [-0.2, 0) is 0 Å². The zero-order valence-electron chi connectivity index (χ0n) is 10.4. The maximum Gasteiger partial charge on any atom is 0.0465 e. The largest absolute Gasteiger partial charge is 0.378 e. The molecule has 2 nitrogen and oxygen atoms in total. The van der Waals surface area contributed by atoms with Gasteiger partial charge in [-0.1, -0.05) is 18.2 Å². The van der Waals surface area contributed by atoms with Gasteiger partial charge >= 0.3 is 0 Å². The van der Waals surface area contributed by atoms with Crippen molar-refractivity contribution in [1.82, 2.24) is 0 Å². The van der Waals surface area contributed by atoms with E-state index < -0.39 is 0 Å². The molecule has 1 unspecified atom stereocenters. The first-order chi connectivity index (χ1) is 6.84. The molecule has 0 aliphatic heterocycles. The molecule has 0 fully saturated rings. The van der Waals surface area contributed by atoms with E-state index in [9.17, 15) is 0 Å². The van der Waals surface area contributed by atoms with E-state index in [4.69, 9.17) is 5.73 Å². The van der Waals surface area contributed by atoms with Crippen LogP contribution in [0.1, 0.15) is 31.9 Å². The first-order valence-corrected chi connectivity index (χ1v) is 5.44. The molecular weight excluding hydrogens is 184 g/mol. The van der Waals surface area contributed by atoms with E-state index in [1.54, 1.807) is 0 Å². The Bertz CT molecular complexity index is 320. The molecule has 0 amide bonds. The van der Waals surface area contributed by atoms with Crippen LogP contribution in [0.15, 0.2) is 18.2 Å². The predicted molar refractivity (Wildman–Crippen MR) is 67.3 cm³/mol. The van der Waals surface area contributed by atoms with Gasteiger partial charge in [-0.15, -0.1) is 0 Å². The monoisotopic (exact) mass is 206 g/mol. The summed E-state index contributed by atoms with van der Waals surface area (Å²) in [6.45, 7) is 10.5. The van der Waals surface area contributed by atoms with Gasteiger partial charge in [-0.2, -0.15) is 0 Å². The van der Waals surface area contributed by atoms with E-state index in [0.717, 1.165) is 0 Å². The van der Waals surface area contributed by atoms with Crippen molar-refractivity contribution in [2.24, 2.45) is 5.73 Å². The summed E-state index contributed by atoms with van der Waals surface area (Å²) in [6, 6.07) is 6.42. The summed E-state index contributed by atoms with van der Waals surface area (Å²) >= 11 is 0. The fraction of sp³-hybridized carbons (Fsp3) is 0.538. The number of nitrogens with one attached hydrogen (secondary N) is 1. The Labute approximate surface area is 92.9 Å². The van der Waals surface area contributed by atoms with Gasteiger partial charge in [-0.25, -0.2) is 0 Å². The Morgan fingerprint density at radius 2 is 1.67 bits per heavy atom. The van der Waals surface area contributed by atoms with E-state index in [-0.39, 0.29) is 11.6 Å². The van der Waals surface area contributed by atoms with Crippen LogP contribution in [0.25, 0.3) is 0 Å². The third-order valence-corrected chi connectivity index (χ3v) is 3.07. The lowest BCUT2D eigenvalue weighted by atomic mass is 9.95. The van der Waals surface area contributed by atoms with Crippen molar-refractivity contribution in [3.05, 3.63) is 29.3 Å². The second-order valence-corrected chi connectivity index (χ2v) is 4.90. The van der Waals surface area contributed by atoms with Crippen molar-refractivity contribution in [2.75, 3.05) is 5.32 Å². The fourth-order valence-corrected chi connectivity index (χ4v) is 1.45. The second-order valence-electron chi connectivity index (χ2n) is 4.90. The van der Waals surface area contributed by atoms with E-state index in [2.05, 4.69) is 51.2 Å². The molecule has 0 spiro atoms. The van der Waals surface area contributed by atoms with Crippen LogP contribution in [0.5, 0.6) is 0 Å². The first-order valence-electron chi connectivity index (χ1n) is 5.44. The average Bonchev–Trinajstić information content (AvgIpc) is 2.11. The molecule has 1 rings (SSSR count). The molecule has 2 heteroatoms. The lowest BCUT2D eigenvalue weighted by Gasteiger charge is -2.33. The standard InChI is InChI=1S/C13H22N2/c1-9-7-6-8-10(2)12(9)15-13(4,5)11(3)14/h6-8,11,15H,14H2,1-5H3. The number of aryl methyl sites for hydroxylation is 2. The highest BCUT2D eigenvalue weighted by Crippen LogP contribution is 2.24. The number of hydrogen-bond acceptors (Lipinski definition) is 2. The van der Waals surface area contributed by atoms with Crippen LogP contribution in [-0.4, -0.2) is 11.6 Å². The van der Waals surface area contributed by atoms with Gasteiger partial charge in [0.05, 0.1) is 0 Å². The third kappa shape index (κ3) is 2.72. The molecule has 0 saturated carbocycles. The minimum atomic E-state index is -0.0864. The van der Waals surface area contributed by atoms with Gasteiger partial charge in [0, 0.05) is 17.3 Å². The normalized spacial score (nSPS) is 13.7. The second kappa shape index (κ2) is 4.23. The molecule has 84 valence electrons. The minimum absolute atomic E-state index is 0.0864. The third-order valence-electron chi connectivity index (χ3n) is 3.07. The predicted octanol–water partition coefficient (Wildman–Crippen LogP) is 2.84. The Morgan fingerprint density at radius 1 is 1.20 bits per heavy atom. The van der Waals surface area contributed by atoms with E-state index in [1.807, 2.05) is 6.92 Å². The number of anilines is 1. The first kappa shape index (κ1) is 12.1. The minimum Gasteiger partial charge on any atom is -0.378 e. The van der Waals surface area contributed by atoms with Gasteiger partial charge in [0.25, 0.3) is 0 Å². The van der Waals surface area contributed by atoms with Gasteiger partial charge in [0.15, 0.2) is 0 Å². The Morgan fingerprint density at radius 3 is 2.07 bits per heavy atom. The zero-order valence-corrected chi connectivity index (χ0v) is 10.4. The molecule has 3 N–H and O–H groups in total. The number of nitrogens with two attached hydrogens (primary N) is 1. The number of para-hydroxylation sites is 1. The molecule has 0 aliphatic carbocycles. The lowest BCUT2D eigenvalue weighted by molar-refractivity contribution is 0.470. The van der Waals surface area contributed by atoms with E-state index in [0.29, 0.717) is 0 Å². The zero-order chi connectivity index (χ0) is 11.6. The maximum atomic E-state index is 5.96. The SMILES string of the molecule is Cc1cccc(C)c1NC(C)(C)C(C)N. The van der Waals surface area contributed by atoms with Crippen molar-refractivity contribution < 1.29 is 0 Å². The topological polar surface area (TPSA) is 38.0 Å². The summed E-state index contributed by atoms with van der Waals surface area (Å²) in [5, 5.41) is 3.53. The van der Waals surface area contributed by atoms with Crippen molar-refractivity contribution >= 4 is 5.69 Å². The smallest absolute Gasteiger partial charge is 0.0465 e. The Balaban J connectivity index is 2.99. The van der Waals surface area contributed by atoms with Crippen LogP contribution in [0.3, 0.4) is 0 Å². The number of rotatable bonds is 3. The van der Waals surface area contributed by atoms with Gasteiger partial charge < -0.3 is 11.1 Å². The summed E-state index contributed by atoms with van der Waals surface area (Å²) < 4.78 is 0. The quantitative estimate of drug-likeness (QED) is 0.798. The van der Waals surface area contributed by atoms with E-state index in [1.165, 1.54) is 16.8 Å². The highest BCUT2D eigenvalue weighted by Gasteiger charge is 2.23. The summed E-state index contributed by atoms with van der Waals surface area (Å²) in [7, 11) is 0. The van der Waals surface area contributed by atoms with Crippen molar-refractivity contribution in [1.29, 1.82) is 0 Å². The highest BCUT2D eigenvalue weighted by atomic mass is 15.0. The molecule has 1 aromatic rings. The van der Waals surface area contributed by atoms with Crippen LogP contribution < -0.4 is 11.1 Å². The highest BCUT2D eigenvalue weighted by molar-refractivity contribution is 5.58. The number of benzene rings is 1. The molecule has 0 aromatic heterocycles. The van der Waals surface area contributed by atoms with Gasteiger partial charge in [0.2, 0.25) is 0 Å². The Kier molecular flexibility index (Phi) is 3.40. The lowest BCUT2D eigenvalue weighted by Crippen LogP contribution is -2.47. The molecule has 0 aliphatic rings. The van der Waals surface area contributed by atoms with E-state index >= 15 is 0 Å². The molecule has 1 atom stereocenters. The summed E-state index contributed by atoms with van der Waals surface area (Å²) in [5.41, 5.74) is 9.61. The van der Waals surface area contributed by atoms with Crippen LogP contribution in [0, 0.1) is 13.8 Å². The molecule has 0 saturated heterocycles. The average molecular weight is 206 g/mol. The summed E-state index contributed by atoms with van der Waals surface area (Å²) in [5.74, 6) is 0. The van der Waals surface area contributed by atoms with Crippen molar-refractivity contribution in [3.8, 4) is 0 Å². The fourth-order valence-electron chi connectivity index (χ4n) is 1.45. The van der Waals surface area contributed by atoms with Crippen molar-refractivity contribution in [3.63, 3.8) is 0 Å². The number of hydrogen-bond donors (Lipinski definition) is 2. The molecule has 0 radical (unpaired) electrons. The Hall–Kier alpha value is -1.02. The molecule has 0 bridgehead atoms. The summed E-state index contributed by atoms with van der Waals surface area (Å²) in [4.78, 5) is 0. The van der Waals surface area contributed by atoms with Crippen LogP contribution in [0.2, 0.25) is 0 Å².